The number of ether oxygens (including phenoxy) is 2. The molecule has 1 saturated heterocycles. The van der Waals surface area contributed by atoms with E-state index in [2.05, 4.69) is 0 Å². The molecule has 1 aliphatic heterocycles. The van der Waals surface area contributed by atoms with E-state index in [4.69, 9.17) is 9.47 Å². The van der Waals surface area contributed by atoms with Crippen LogP contribution in [0.5, 0.6) is 5.75 Å². The summed E-state index contributed by atoms with van der Waals surface area (Å²) < 4.78 is 10.3. The number of ketones is 1. The van der Waals surface area contributed by atoms with Gasteiger partial charge in [0, 0.05) is 25.2 Å². The molecule has 0 amide bonds. The van der Waals surface area contributed by atoms with E-state index in [1.165, 1.54) is 0 Å². The van der Waals surface area contributed by atoms with Crippen molar-refractivity contribution < 1.29 is 14.3 Å². The molecule has 1 aromatic carbocycles. The van der Waals surface area contributed by atoms with Gasteiger partial charge in [0.2, 0.25) is 0 Å². The molecule has 0 spiro atoms. The number of Topliss-reactive ketones (excluding diaryl/α,β-unsaturated/α-hetero) is 1. The molecule has 0 bridgehead atoms. The maximum absolute atomic E-state index is 11.9. The zero-order chi connectivity index (χ0) is 11.4. The molecule has 0 radical (unpaired) electrons. The van der Waals surface area contributed by atoms with Crippen molar-refractivity contribution in [3.05, 3.63) is 29.8 Å². The Morgan fingerprint density at radius 2 is 2.19 bits per heavy atom. The van der Waals surface area contributed by atoms with E-state index in [-0.39, 0.29) is 5.78 Å². The quantitative estimate of drug-likeness (QED) is 0.730. The highest BCUT2D eigenvalue weighted by Crippen LogP contribution is 2.20. The van der Waals surface area contributed by atoms with Crippen LogP contribution in [-0.4, -0.2) is 26.1 Å². The Morgan fingerprint density at radius 3 is 2.75 bits per heavy atom. The molecule has 86 valence electrons. The minimum Gasteiger partial charge on any atom is -0.497 e. The number of rotatable bonds is 4. The van der Waals surface area contributed by atoms with E-state index >= 15 is 0 Å². The van der Waals surface area contributed by atoms with Crippen LogP contribution in [0.1, 0.15) is 23.2 Å². The Morgan fingerprint density at radius 1 is 1.44 bits per heavy atom. The number of carbonyl (C=O) groups is 1. The van der Waals surface area contributed by atoms with Crippen LogP contribution in [0.2, 0.25) is 0 Å². The summed E-state index contributed by atoms with van der Waals surface area (Å²) in [6.45, 7) is 1.52. The van der Waals surface area contributed by atoms with Gasteiger partial charge in [-0.3, -0.25) is 4.79 Å². The molecule has 16 heavy (non-hydrogen) atoms. The Bertz CT molecular complexity index is 350. The molecule has 3 nitrogen and oxygen atoms in total. The third kappa shape index (κ3) is 2.61. The molecule has 1 aromatic rings. The molecule has 1 heterocycles. The van der Waals surface area contributed by atoms with Gasteiger partial charge in [0.05, 0.1) is 7.11 Å². The molecule has 0 saturated carbocycles. The Balaban J connectivity index is 1.97. The van der Waals surface area contributed by atoms with Crippen molar-refractivity contribution in [1.82, 2.24) is 0 Å². The SMILES string of the molecule is COc1ccc(C(=O)CC2CCOC2)cc1. The largest absolute Gasteiger partial charge is 0.497 e. The van der Waals surface area contributed by atoms with E-state index in [1.54, 1.807) is 7.11 Å². The lowest BCUT2D eigenvalue weighted by molar-refractivity contribution is 0.0952. The fraction of sp³-hybridized carbons (Fsp3) is 0.462. The van der Waals surface area contributed by atoms with Gasteiger partial charge in [-0.15, -0.1) is 0 Å². The van der Waals surface area contributed by atoms with Crippen molar-refractivity contribution in [1.29, 1.82) is 0 Å². The average molecular weight is 220 g/mol. The lowest BCUT2D eigenvalue weighted by Gasteiger charge is -2.06. The van der Waals surface area contributed by atoms with Crippen molar-refractivity contribution in [2.45, 2.75) is 12.8 Å². The molecular formula is C13H16O3. The van der Waals surface area contributed by atoms with Gasteiger partial charge in [-0.05, 0) is 36.6 Å². The van der Waals surface area contributed by atoms with Gasteiger partial charge < -0.3 is 9.47 Å². The van der Waals surface area contributed by atoms with E-state index in [1.807, 2.05) is 24.3 Å². The highest BCUT2D eigenvalue weighted by Gasteiger charge is 2.19. The van der Waals surface area contributed by atoms with Crippen molar-refractivity contribution in [2.75, 3.05) is 20.3 Å². The van der Waals surface area contributed by atoms with Gasteiger partial charge in [-0.25, -0.2) is 0 Å². The fourth-order valence-electron chi connectivity index (χ4n) is 1.90. The molecular weight excluding hydrogens is 204 g/mol. The zero-order valence-electron chi connectivity index (χ0n) is 9.44. The van der Waals surface area contributed by atoms with Gasteiger partial charge in [-0.2, -0.15) is 0 Å². The van der Waals surface area contributed by atoms with Crippen LogP contribution in [0.15, 0.2) is 24.3 Å². The lowest BCUT2D eigenvalue weighted by Crippen LogP contribution is -2.08. The summed E-state index contributed by atoms with van der Waals surface area (Å²) in [5, 5.41) is 0. The summed E-state index contributed by atoms with van der Waals surface area (Å²) >= 11 is 0. The minimum absolute atomic E-state index is 0.193. The number of hydrogen-bond acceptors (Lipinski definition) is 3. The van der Waals surface area contributed by atoms with Crippen molar-refractivity contribution >= 4 is 5.78 Å². The average Bonchev–Trinajstić information content (AvgIpc) is 2.82. The van der Waals surface area contributed by atoms with Gasteiger partial charge in [0.15, 0.2) is 5.78 Å². The predicted molar refractivity (Wildman–Crippen MR) is 60.9 cm³/mol. The minimum atomic E-state index is 0.193. The summed E-state index contributed by atoms with van der Waals surface area (Å²) in [6.07, 6.45) is 1.59. The normalized spacial score (nSPS) is 19.7. The Kier molecular flexibility index (Phi) is 3.57. The second-order valence-electron chi connectivity index (χ2n) is 4.09. The first-order valence-electron chi connectivity index (χ1n) is 5.54. The van der Waals surface area contributed by atoms with E-state index < -0.39 is 0 Å². The summed E-state index contributed by atoms with van der Waals surface area (Å²) in [7, 11) is 1.62. The maximum atomic E-state index is 11.9. The second-order valence-corrected chi connectivity index (χ2v) is 4.09. The second kappa shape index (κ2) is 5.12. The highest BCUT2D eigenvalue weighted by atomic mass is 16.5. The number of methoxy groups -OCH3 is 1. The lowest BCUT2D eigenvalue weighted by atomic mass is 9.98. The first-order chi connectivity index (χ1) is 7.79. The monoisotopic (exact) mass is 220 g/mol. The van der Waals surface area contributed by atoms with E-state index in [0.717, 1.165) is 30.9 Å². The van der Waals surface area contributed by atoms with Crippen molar-refractivity contribution in [3.63, 3.8) is 0 Å². The third-order valence-corrected chi connectivity index (χ3v) is 2.91. The maximum Gasteiger partial charge on any atom is 0.163 e. The van der Waals surface area contributed by atoms with Gasteiger partial charge >= 0.3 is 0 Å². The summed E-state index contributed by atoms with van der Waals surface area (Å²) in [5.74, 6) is 1.37. The van der Waals surface area contributed by atoms with Crippen LogP contribution in [0, 0.1) is 5.92 Å². The first-order valence-corrected chi connectivity index (χ1v) is 5.54. The number of carbonyl (C=O) groups excluding carboxylic acids is 1. The molecule has 1 atom stereocenters. The van der Waals surface area contributed by atoms with Gasteiger partial charge in [0.25, 0.3) is 0 Å². The van der Waals surface area contributed by atoms with Crippen LogP contribution in [-0.2, 0) is 4.74 Å². The smallest absolute Gasteiger partial charge is 0.163 e. The van der Waals surface area contributed by atoms with E-state index in [9.17, 15) is 4.79 Å². The fourth-order valence-corrected chi connectivity index (χ4v) is 1.90. The van der Waals surface area contributed by atoms with E-state index in [0.29, 0.717) is 12.3 Å². The Labute approximate surface area is 95.4 Å². The topological polar surface area (TPSA) is 35.5 Å². The Hall–Kier alpha value is -1.35. The van der Waals surface area contributed by atoms with Crippen LogP contribution in [0.4, 0.5) is 0 Å². The molecule has 2 rings (SSSR count). The molecule has 0 aromatic heterocycles. The van der Waals surface area contributed by atoms with Gasteiger partial charge in [0.1, 0.15) is 5.75 Å². The first kappa shape index (κ1) is 11.1. The van der Waals surface area contributed by atoms with Crippen LogP contribution in [0.3, 0.4) is 0 Å². The molecule has 0 aliphatic carbocycles. The van der Waals surface area contributed by atoms with Crippen molar-refractivity contribution in [2.24, 2.45) is 5.92 Å². The predicted octanol–water partition coefficient (Wildman–Crippen LogP) is 2.30. The van der Waals surface area contributed by atoms with Crippen LogP contribution < -0.4 is 4.74 Å². The number of benzene rings is 1. The summed E-state index contributed by atoms with van der Waals surface area (Å²) in [6, 6.07) is 7.27. The third-order valence-electron chi connectivity index (χ3n) is 2.91. The summed E-state index contributed by atoms with van der Waals surface area (Å²) in [4.78, 5) is 11.9. The molecule has 1 aliphatic rings. The van der Waals surface area contributed by atoms with Crippen molar-refractivity contribution in [3.8, 4) is 5.75 Å². The highest BCUT2D eigenvalue weighted by molar-refractivity contribution is 5.96. The van der Waals surface area contributed by atoms with Gasteiger partial charge in [-0.1, -0.05) is 0 Å². The standard InChI is InChI=1S/C13H16O3/c1-15-12-4-2-11(3-5-12)13(14)8-10-6-7-16-9-10/h2-5,10H,6-9H2,1H3. The van der Waals surface area contributed by atoms with Crippen LogP contribution in [0.25, 0.3) is 0 Å². The molecule has 1 unspecified atom stereocenters. The summed E-state index contributed by atoms with van der Waals surface area (Å²) in [5.41, 5.74) is 0.757. The van der Waals surface area contributed by atoms with Crippen LogP contribution >= 0.6 is 0 Å². The zero-order valence-corrected chi connectivity index (χ0v) is 9.44. The molecule has 3 heteroatoms. The molecule has 0 N–H and O–H groups in total. The number of hydrogen-bond donors (Lipinski definition) is 0. The molecule has 1 fully saturated rings.